The minimum atomic E-state index is -1.02. The summed E-state index contributed by atoms with van der Waals surface area (Å²) in [6, 6.07) is 0. The second-order valence-electron chi connectivity index (χ2n) is 25.5. The quantitative estimate of drug-likeness (QED) is 0.158. The standard InChI is InChI=1S/C54H81NO17/c1-27-10-13-37-30(4)40(61-46-52(37)34(27)16-19-49(7,64-46)67-70-52)22-43(56)55-25-33(60-45(58)24-42-32(6)39-15-12-29(3)36-18-21-51(9)66-48(63-42)54(36,39)72-69-51)26-59-44(57)23-41-31(5)38-14-11-28(2)35-17-20-50(8)65-47(62-41)53(35,38)71-68-50/h27-42,46-48H,10-26H2,1-9H3,(H,55,56)/t27-,28-,29-,30-,31-,32-,33?,34+,35+,36+,37+,38+,39+,40?,41?,42?,46-,47-,48-,49+,50+,51+,52-,53-,54-/m1/s1. The van der Waals surface area contributed by atoms with Gasteiger partial charge in [-0.2, -0.15) is 0 Å². The Morgan fingerprint density at radius 3 is 1.26 bits per heavy atom. The van der Waals surface area contributed by atoms with Crippen LogP contribution in [0, 0.1) is 71.0 Å². The minimum absolute atomic E-state index is 0.0271. The highest BCUT2D eigenvalue weighted by molar-refractivity contribution is 5.76. The van der Waals surface area contributed by atoms with E-state index in [-0.39, 0.29) is 91.6 Å². The molecule has 0 aromatic carbocycles. The Balaban J connectivity index is 0.732. The Kier molecular flexibility index (Phi) is 12.9. The van der Waals surface area contributed by atoms with Gasteiger partial charge in [-0.3, -0.25) is 14.4 Å². The SMILES string of the molecule is C[C@@H]1CC[C@H]2[C@@H](C)C(CC(=O)NCC(COC(=O)CC3O[C@@H]4O[C@]5(C)CC[C@H]6[C@H](C)CC[C@@H]([C@H]3C)[C@@]46OO5)OC(=O)CC3O[C@@H]4O[C@]5(C)CC[C@H]6[C@H](C)CC[C@@H]([C@H]3C)[C@@]46OO5)O[C@@H]3O[C@]4(C)CC[C@@H]1[C@]32OO4. The zero-order chi connectivity index (χ0) is 50.3. The number of hydrogen-bond acceptors (Lipinski definition) is 17. The number of fused-ring (bicyclic) bond motifs is 6. The third kappa shape index (κ3) is 8.01. The molecule has 12 heterocycles. The molecule has 25 atom stereocenters. The summed E-state index contributed by atoms with van der Waals surface area (Å²) < 4.78 is 52.0. The van der Waals surface area contributed by atoms with E-state index in [4.69, 9.17) is 67.2 Å². The van der Waals surface area contributed by atoms with Crippen molar-refractivity contribution in [2.24, 2.45) is 71.0 Å². The molecule has 4 unspecified atom stereocenters. The van der Waals surface area contributed by atoms with Crippen molar-refractivity contribution in [2.75, 3.05) is 13.2 Å². The van der Waals surface area contributed by atoms with Gasteiger partial charge in [0.1, 0.15) is 6.61 Å². The van der Waals surface area contributed by atoms with E-state index in [1.165, 1.54) is 0 Å². The molecule has 6 bridgehead atoms. The third-order valence-corrected chi connectivity index (χ3v) is 21.3. The van der Waals surface area contributed by atoms with Gasteiger partial charge in [-0.15, -0.1) is 0 Å². The molecule has 0 aromatic rings. The molecule has 3 aliphatic carbocycles. The van der Waals surface area contributed by atoms with E-state index < -0.39 is 89.4 Å². The van der Waals surface area contributed by atoms with Crippen molar-refractivity contribution in [1.82, 2.24) is 5.32 Å². The van der Waals surface area contributed by atoms with E-state index in [1.807, 2.05) is 20.8 Å². The maximum absolute atomic E-state index is 14.2. The lowest BCUT2D eigenvalue weighted by Gasteiger charge is -2.60. The van der Waals surface area contributed by atoms with Gasteiger partial charge in [-0.05, 0) is 132 Å². The number of rotatable bonds is 11. The van der Waals surface area contributed by atoms with Crippen molar-refractivity contribution >= 4 is 17.8 Å². The molecule has 0 radical (unpaired) electrons. The molecule has 0 aromatic heterocycles. The fraction of sp³-hybridized carbons (Fsp3) is 0.944. The fourth-order valence-corrected chi connectivity index (χ4v) is 17.1. The first-order valence-corrected chi connectivity index (χ1v) is 28.0. The van der Waals surface area contributed by atoms with Gasteiger partial charge in [0.15, 0.2) is 41.8 Å². The number of ether oxygens (including phenoxy) is 8. The summed E-state index contributed by atoms with van der Waals surface area (Å²) in [7, 11) is 0. The number of hydrogen-bond donors (Lipinski definition) is 1. The first-order valence-electron chi connectivity index (χ1n) is 28.0. The summed E-state index contributed by atoms with van der Waals surface area (Å²) >= 11 is 0. The van der Waals surface area contributed by atoms with Crippen molar-refractivity contribution in [3.8, 4) is 0 Å². The molecular formula is C54H81NO17. The lowest BCUT2D eigenvalue weighted by molar-refractivity contribution is -0.571. The average molecular weight is 1020 g/mol. The third-order valence-electron chi connectivity index (χ3n) is 21.3. The van der Waals surface area contributed by atoms with E-state index in [2.05, 4.69) is 46.9 Å². The van der Waals surface area contributed by atoms with Crippen LogP contribution in [0.3, 0.4) is 0 Å². The van der Waals surface area contributed by atoms with Crippen LogP contribution in [0.2, 0.25) is 0 Å². The highest BCUT2D eigenvalue weighted by Crippen LogP contribution is 2.64. The van der Waals surface area contributed by atoms with Crippen LogP contribution in [0.5, 0.6) is 0 Å². The molecule has 12 saturated heterocycles. The van der Waals surface area contributed by atoms with Crippen LogP contribution in [0.25, 0.3) is 0 Å². The highest BCUT2D eigenvalue weighted by Gasteiger charge is 2.72. The van der Waals surface area contributed by atoms with Gasteiger partial charge in [-0.25, -0.2) is 29.3 Å². The molecule has 404 valence electrons. The molecule has 18 heteroatoms. The maximum Gasteiger partial charge on any atom is 0.308 e. The molecular weight excluding hydrogens is 935 g/mol. The van der Waals surface area contributed by atoms with Crippen molar-refractivity contribution in [2.45, 2.75) is 236 Å². The zero-order valence-corrected chi connectivity index (χ0v) is 43.9. The highest BCUT2D eigenvalue weighted by atomic mass is 17.3. The number of nitrogens with one attached hydrogen (secondary N) is 1. The number of carbonyl (C=O) groups excluding carboxylic acids is 3. The smallest absolute Gasteiger partial charge is 0.308 e. The molecule has 3 saturated carbocycles. The first-order chi connectivity index (χ1) is 34.3. The largest absolute Gasteiger partial charge is 0.462 e. The summed E-state index contributed by atoms with van der Waals surface area (Å²) in [4.78, 5) is 79.3. The van der Waals surface area contributed by atoms with Gasteiger partial charge in [-0.1, -0.05) is 41.5 Å². The van der Waals surface area contributed by atoms with E-state index in [0.717, 1.165) is 57.8 Å². The Morgan fingerprint density at radius 1 is 0.486 bits per heavy atom. The second kappa shape index (κ2) is 18.3. The fourth-order valence-electron chi connectivity index (χ4n) is 17.1. The molecule has 1 N–H and O–H groups in total. The molecule has 18 nitrogen and oxygen atoms in total. The van der Waals surface area contributed by atoms with Crippen molar-refractivity contribution < 1.29 is 81.6 Å². The van der Waals surface area contributed by atoms with E-state index in [1.54, 1.807) is 0 Å². The second-order valence-corrected chi connectivity index (χ2v) is 25.5. The van der Waals surface area contributed by atoms with Crippen molar-refractivity contribution in [3.63, 3.8) is 0 Å². The molecule has 15 fully saturated rings. The van der Waals surface area contributed by atoms with Gasteiger partial charge in [0.05, 0.1) is 44.1 Å². The lowest BCUT2D eigenvalue weighted by atomic mass is 9.57. The zero-order valence-electron chi connectivity index (χ0n) is 43.9. The minimum Gasteiger partial charge on any atom is -0.462 e. The number of esters is 2. The Morgan fingerprint density at radius 2 is 0.861 bits per heavy atom. The van der Waals surface area contributed by atoms with Crippen LogP contribution < -0.4 is 5.32 Å². The van der Waals surface area contributed by atoms with Crippen LogP contribution in [0.4, 0.5) is 0 Å². The summed E-state index contributed by atoms with van der Waals surface area (Å²) in [5, 5.41) is 3.02. The summed E-state index contributed by atoms with van der Waals surface area (Å²) in [6.07, 6.45) is 5.85. The predicted molar refractivity (Wildman–Crippen MR) is 248 cm³/mol. The maximum atomic E-state index is 14.2. The van der Waals surface area contributed by atoms with Crippen molar-refractivity contribution in [1.29, 1.82) is 0 Å². The Bertz CT molecular complexity index is 2000. The van der Waals surface area contributed by atoms with E-state index in [9.17, 15) is 14.4 Å². The average Bonchev–Trinajstić information content (AvgIpc) is 3.82. The Labute approximate surface area is 423 Å². The topological polar surface area (TPSA) is 192 Å². The summed E-state index contributed by atoms with van der Waals surface area (Å²) in [5.41, 5.74) is -2.28. The molecule has 12 aliphatic heterocycles. The summed E-state index contributed by atoms with van der Waals surface area (Å²) in [6.45, 7) is 18.4. The molecule has 3 spiro atoms. The van der Waals surface area contributed by atoms with Crippen molar-refractivity contribution in [3.05, 3.63) is 0 Å². The molecule has 1 amide bonds. The Hall–Kier alpha value is -2.07. The van der Waals surface area contributed by atoms with E-state index >= 15 is 0 Å². The molecule has 15 rings (SSSR count). The lowest BCUT2D eigenvalue weighted by Crippen LogP contribution is -2.70. The number of carbonyl (C=O) groups is 3. The normalized spacial score (nSPS) is 54.1. The van der Waals surface area contributed by atoms with Gasteiger partial charge >= 0.3 is 11.9 Å². The van der Waals surface area contributed by atoms with Crippen LogP contribution in [0.15, 0.2) is 0 Å². The molecule has 72 heavy (non-hydrogen) atoms. The van der Waals surface area contributed by atoms with Gasteiger partial charge < -0.3 is 43.2 Å². The summed E-state index contributed by atoms with van der Waals surface area (Å²) in [5.74, 6) is -2.47. The van der Waals surface area contributed by atoms with Crippen LogP contribution in [-0.2, 0) is 81.6 Å². The number of amides is 1. The van der Waals surface area contributed by atoms with Crippen LogP contribution in [-0.4, -0.2) is 108 Å². The van der Waals surface area contributed by atoms with Crippen LogP contribution >= 0.6 is 0 Å². The van der Waals surface area contributed by atoms with Gasteiger partial charge in [0, 0.05) is 37.0 Å². The molecule has 15 aliphatic rings. The monoisotopic (exact) mass is 1020 g/mol. The first kappa shape index (κ1) is 50.7. The van der Waals surface area contributed by atoms with Crippen LogP contribution in [0.1, 0.15) is 159 Å². The van der Waals surface area contributed by atoms with Gasteiger partial charge in [0.25, 0.3) is 0 Å². The van der Waals surface area contributed by atoms with Gasteiger partial charge in [0.2, 0.25) is 23.3 Å². The van der Waals surface area contributed by atoms with E-state index in [0.29, 0.717) is 37.0 Å². The predicted octanol–water partition coefficient (Wildman–Crippen LogP) is 7.48.